The second kappa shape index (κ2) is 3.95. The molecular weight excluding hydrogens is 251 g/mol. The fraction of sp³-hybridized carbons (Fsp3) is 0.286. The van der Waals surface area contributed by atoms with Gasteiger partial charge in [-0.2, -0.15) is 0 Å². The molecule has 0 aromatic carbocycles. The van der Waals surface area contributed by atoms with Gasteiger partial charge in [0.05, 0.1) is 5.69 Å². The lowest BCUT2D eigenvalue weighted by Gasteiger charge is -2.05. The lowest BCUT2D eigenvalue weighted by Crippen LogP contribution is -1.97. The number of rotatable bonds is 2. The normalized spacial score (nSPS) is 10.8. The van der Waals surface area contributed by atoms with E-state index in [2.05, 4.69) is 20.9 Å². The summed E-state index contributed by atoms with van der Waals surface area (Å²) in [5.74, 6) is -2.17. The third-order valence-electron chi connectivity index (χ3n) is 1.37. The second-order valence-electron chi connectivity index (χ2n) is 2.26. The number of hydrogen-bond acceptors (Lipinski definition) is 2. The SMILES string of the molecule is Oc1c(F)cc(CBr)nc1C(F)F. The molecule has 1 N–H and O–H groups in total. The molecule has 0 atom stereocenters. The van der Waals surface area contributed by atoms with Gasteiger partial charge in [-0.05, 0) is 0 Å². The summed E-state index contributed by atoms with van der Waals surface area (Å²) in [6, 6.07) is 0.899. The average molecular weight is 256 g/mol. The maximum atomic E-state index is 12.7. The number of nitrogens with zero attached hydrogens (tertiary/aromatic N) is 1. The number of pyridine rings is 1. The summed E-state index contributed by atoms with van der Waals surface area (Å²) >= 11 is 2.94. The Bertz CT molecular complexity index is 319. The van der Waals surface area contributed by atoms with Gasteiger partial charge in [0.1, 0.15) is 0 Å². The van der Waals surface area contributed by atoms with Crippen molar-refractivity contribution in [2.45, 2.75) is 11.8 Å². The van der Waals surface area contributed by atoms with Crippen LogP contribution in [0.4, 0.5) is 13.2 Å². The van der Waals surface area contributed by atoms with E-state index in [9.17, 15) is 13.2 Å². The Kier molecular flexibility index (Phi) is 3.13. The lowest BCUT2D eigenvalue weighted by atomic mass is 10.3. The van der Waals surface area contributed by atoms with E-state index in [-0.39, 0.29) is 11.0 Å². The molecule has 1 aromatic rings. The van der Waals surface area contributed by atoms with E-state index >= 15 is 0 Å². The largest absolute Gasteiger partial charge is 0.503 e. The Morgan fingerprint density at radius 3 is 2.62 bits per heavy atom. The van der Waals surface area contributed by atoms with Crippen LogP contribution in [0.15, 0.2) is 6.07 Å². The molecule has 0 unspecified atom stereocenters. The monoisotopic (exact) mass is 255 g/mol. The molecule has 1 aromatic heterocycles. The van der Waals surface area contributed by atoms with Crippen LogP contribution in [0.3, 0.4) is 0 Å². The van der Waals surface area contributed by atoms with Crippen molar-refractivity contribution in [3.63, 3.8) is 0 Å². The zero-order chi connectivity index (χ0) is 10.0. The van der Waals surface area contributed by atoms with Crippen LogP contribution in [0, 0.1) is 5.82 Å². The van der Waals surface area contributed by atoms with E-state index in [1.807, 2.05) is 0 Å². The Hall–Kier alpha value is -0.780. The average Bonchev–Trinajstić information content (AvgIpc) is 2.09. The smallest absolute Gasteiger partial charge is 0.284 e. The number of alkyl halides is 3. The Labute approximate surface area is 80.5 Å². The van der Waals surface area contributed by atoms with Crippen molar-refractivity contribution in [2.24, 2.45) is 0 Å². The first-order valence-corrected chi connectivity index (χ1v) is 4.40. The first-order chi connectivity index (χ1) is 6.06. The van der Waals surface area contributed by atoms with Crippen LogP contribution >= 0.6 is 15.9 Å². The Balaban J connectivity index is 3.25. The molecule has 1 heterocycles. The molecule has 0 saturated carbocycles. The summed E-state index contributed by atoms with van der Waals surface area (Å²) in [6.45, 7) is 0. The summed E-state index contributed by atoms with van der Waals surface area (Å²) in [5, 5.41) is 9.01. The van der Waals surface area contributed by atoms with Gasteiger partial charge in [0.15, 0.2) is 17.3 Å². The molecule has 0 aliphatic carbocycles. The summed E-state index contributed by atoms with van der Waals surface area (Å²) in [5.41, 5.74) is -0.806. The van der Waals surface area contributed by atoms with Crippen LogP contribution < -0.4 is 0 Å². The van der Waals surface area contributed by atoms with Gasteiger partial charge in [-0.25, -0.2) is 18.2 Å². The van der Waals surface area contributed by atoms with Crippen LogP contribution in [0.25, 0.3) is 0 Å². The van der Waals surface area contributed by atoms with Crippen molar-refractivity contribution >= 4 is 15.9 Å². The molecule has 0 fully saturated rings. The molecule has 0 saturated heterocycles. The van der Waals surface area contributed by atoms with E-state index < -0.39 is 23.7 Å². The standard InChI is InChI=1S/C7H5BrF3NO/c8-2-3-1-4(9)6(13)5(12-3)7(10)11/h1,7,13H,2H2. The Morgan fingerprint density at radius 1 is 1.54 bits per heavy atom. The van der Waals surface area contributed by atoms with Gasteiger partial charge in [0.25, 0.3) is 6.43 Å². The molecule has 2 nitrogen and oxygen atoms in total. The molecule has 13 heavy (non-hydrogen) atoms. The Morgan fingerprint density at radius 2 is 2.15 bits per heavy atom. The van der Waals surface area contributed by atoms with Crippen molar-refractivity contribution in [1.82, 2.24) is 4.98 Å². The number of hydrogen-bond donors (Lipinski definition) is 1. The van der Waals surface area contributed by atoms with E-state index in [0.717, 1.165) is 6.07 Å². The van der Waals surface area contributed by atoms with Crippen molar-refractivity contribution in [3.05, 3.63) is 23.3 Å². The molecule has 0 spiro atoms. The van der Waals surface area contributed by atoms with Gasteiger partial charge >= 0.3 is 0 Å². The van der Waals surface area contributed by atoms with Crippen molar-refractivity contribution in [1.29, 1.82) is 0 Å². The number of aromatic nitrogens is 1. The number of aromatic hydroxyl groups is 1. The van der Waals surface area contributed by atoms with E-state index in [0.29, 0.717) is 0 Å². The maximum absolute atomic E-state index is 12.7. The highest BCUT2D eigenvalue weighted by atomic mass is 79.9. The summed E-state index contributed by atoms with van der Waals surface area (Å²) in [7, 11) is 0. The molecule has 72 valence electrons. The minimum atomic E-state index is -2.98. The van der Waals surface area contributed by atoms with Gasteiger partial charge in [-0.3, -0.25) is 0 Å². The predicted octanol–water partition coefficient (Wildman–Crippen LogP) is 2.76. The summed E-state index contributed by atoms with van der Waals surface area (Å²) < 4.78 is 37.0. The predicted molar refractivity (Wildman–Crippen MR) is 43.4 cm³/mol. The molecule has 0 amide bonds. The third kappa shape index (κ3) is 2.12. The topological polar surface area (TPSA) is 33.1 Å². The van der Waals surface area contributed by atoms with Gasteiger partial charge in [-0.15, -0.1) is 0 Å². The van der Waals surface area contributed by atoms with Crippen molar-refractivity contribution in [2.75, 3.05) is 0 Å². The molecule has 6 heteroatoms. The quantitative estimate of drug-likeness (QED) is 0.825. The number of halogens is 4. The van der Waals surface area contributed by atoms with E-state index in [1.54, 1.807) is 0 Å². The van der Waals surface area contributed by atoms with Crippen LogP contribution in [0.2, 0.25) is 0 Å². The van der Waals surface area contributed by atoms with Crippen LogP contribution in [0.5, 0.6) is 5.75 Å². The molecule has 0 radical (unpaired) electrons. The molecular formula is C7H5BrF3NO. The summed E-state index contributed by atoms with van der Waals surface area (Å²) in [6.07, 6.45) is -2.98. The molecule has 0 aliphatic rings. The van der Waals surface area contributed by atoms with Gasteiger partial charge in [-0.1, -0.05) is 15.9 Å². The molecule has 0 aliphatic heterocycles. The van der Waals surface area contributed by atoms with Gasteiger partial charge in [0.2, 0.25) is 0 Å². The first kappa shape index (κ1) is 10.3. The minimum absolute atomic E-state index is 0.116. The zero-order valence-electron chi connectivity index (χ0n) is 6.27. The highest BCUT2D eigenvalue weighted by molar-refractivity contribution is 9.08. The van der Waals surface area contributed by atoms with Crippen LogP contribution in [-0.4, -0.2) is 10.1 Å². The highest BCUT2D eigenvalue weighted by Gasteiger charge is 2.19. The highest BCUT2D eigenvalue weighted by Crippen LogP contribution is 2.29. The summed E-state index contributed by atoms with van der Waals surface area (Å²) in [4.78, 5) is 3.36. The molecule has 1 rings (SSSR count). The van der Waals surface area contributed by atoms with Gasteiger partial charge < -0.3 is 5.11 Å². The maximum Gasteiger partial charge on any atom is 0.284 e. The fourth-order valence-corrected chi connectivity index (χ4v) is 1.08. The first-order valence-electron chi connectivity index (χ1n) is 3.28. The van der Waals surface area contributed by atoms with E-state index in [1.165, 1.54) is 0 Å². The van der Waals surface area contributed by atoms with Crippen molar-refractivity contribution in [3.8, 4) is 5.75 Å². The molecule has 0 bridgehead atoms. The zero-order valence-corrected chi connectivity index (χ0v) is 7.85. The third-order valence-corrected chi connectivity index (χ3v) is 1.94. The van der Waals surface area contributed by atoms with Crippen molar-refractivity contribution < 1.29 is 18.3 Å². The van der Waals surface area contributed by atoms with Gasteiger partial charge in [0, 0.05) is 11.4 Å². The fourth-order valence-electron chi connectivity index (χ4n) is 0.798. The minimum Gasteiger partial charge on any atom is -0.503 e. The lowest BCUT2D eigenvalue weighted by molar-refractivity contribution is 0.140. The van der Waals surface area contributed by atoms with E-state index in [4.69, 9.17) is 5.11 Å². The second-order valence-corrected chi connectivity index (χ2v) is 2.82. The van der Waals surface area contributed by atoms with Crippen LogP contribution in [0.1, 0.15) is 17.8 Å². The van der Waals surface area contributed by atoms with Crippen LogP contribution in [-0.2, 0) is 5.33 Å².